The molecule has 3 aromatic rings. The Balaban J connectivity index is 1.39. The highest BCUT2D eigenvalue weighted by atomic mass is 32.1. The van der Waals surface area contributed by atoms with Gasteiger partial charge in [-0.05, 0) is 24.3 Å². The number of hydrogen-bond acceptors (Lipinski definition) is 4. The summed E-state index contributed by atoms with van der Waals surface area (Å²) in [5.74, 6) is -1.46. The monoisotopic (exact) mass is 374 g/mol. The molecule has 0 unspecified atom stereocenters. The number of benzene rings is 2. The maximum absolute atomic E-state index is 13.7. The van der Waals surface area contributed by atoms with E-state index in [0.717, 1.165) is 27.5 Å². The van der Waals surface area contributed by atoms with Crippen LogP contribution in [0.15, 0.2) is 42.5 Å². The third-order valence-electron chi connectivity index (χ3n) is 4.29. The number of carbonyl (C=O) groups excluding carboxylic acids is 1. The number of thiazole rings is 1. The molecule has 0 atom stereocenters. The van der Waals surface area contributed by atoms with Crippen LogP contribution in [0.25, 0.3) is 10.2 Å². The van der Waals surface area contributed by atoms with Gasteiger partial charge in [0.25, 0.3) is 0 Å². The molecule has 26 heavy (non-hydrogen) atoms. The SMILES string of the molecule is O=C(Nc1ccc(F)cc1F)N1CCN(c2nc3ccccc3s2)CC1. The van der Waals surface area contributed by atoms with Crippen LogP contribution in [0.4, 0.5) is 24.4 Å². The zero-order valence-electron chi connectivity index (χ0n) is 13.8. The fraction of sp³-hybridized carbons (Fsp3) is 0.222. The summed E-state index contributed by atoms with van der Waals surface area (Å²) in [5.41, 5.74) is 0.949. The lowest BCUT2D eigenvalue weighted by Gasteiger charge is -2.34. The van der Waals surface area contributed by atoms with Gasteiger partial charge >= 0.3 is 6.03 Å². The van der Waals surface area contributed by atoms with Crippen molar-refractivity contribution in [3.8, 4) is 0 Å². The van der Waals surface area contributed by atoms with Crippen LogP contribution in [0.5, 0.6) is 0 Å². The predicted molar refractivity (Wildman–Crippen MR) is 98.8 cm³/mol. The number of rotatable bonds is 2. The molecule has 4 rings (SSSR count). The van der Waals surface area contributed by atoms with Gasteiger partial charge in [-0.25, -0.2) is 18.6 Å². The number of hydrogen-bond donors (Lipinski definition) is 1. The average Bonchev–Trinajstić information content (AvgIpc) is 3.08. The first kappa shape index (κ1) is 16.7. The minimum Gasteiger partial charge on any atom is -0.345 e. The highest BCUT2D eigenvalue weighted by Gasteiger charge is 2.23. The fourth-order valence-corrected chi connectivity index (χ4v) is 3.90. The molecule has 0 spiro atoms. The quantitative estimate of drug-likeness (QED) is 0.739. The molecule has 1 saturated heterocycles. The molecule has 134 valence electrons. The van der Waals surface area contributed by atoms with Gasteiger partial charge in [0.15, 0.2) is 5.13 Å². The second kappa shape index (κ2) is 6.87. The predicted octanol–water partition coefficient (Wildman–Crippen LogP) is 3.93. The Kier molecular flexibility index (Phi) is 4.42. The van der Waals surface area contributed by atoms with Crippen molar-refractivity contribution in [1.29, 1.82) is 0 Å². The van der Waals surface area contributed by atoms with Crippen LogP contribution in [-0.2, 0) is 0 Å². The lowest BCUT2D eigenvalue weighted by Crippen LogP contribution is -2.50. The number of aromatic nitrogens is 1. The van der Waals surface area contributed by atoms with E-state index in [2.05, 4.69) is 15.2 Å². The van der Waals surface area contributed by atoms with E-state index in [1.807, 2.05) is 24.3 Å². The minimum atomic E-state index is -0.786. The van der Waals surface area contributed by atoms with Gasteiger partial charge in [-0.15, -0.1) is 0 Å². The van der Waals surface area contributed by atoms with E-state index in [1.54, 1.807) is 16.2 Å². The number of urea groups is 1. The second-order valence-electron chi connectivity index (χ2n) is 5.99. The van der Waals surface area contributed by atoms with Crippen molar-refractivity contribution in [2.45, 2.75) is 0 Å². The summed E-state index contributed by atoms with van der Waals surface area (Å²) in [6.07, 6.45) is 0. The van der Waals surface area contributed by atoms with Gasteiger partial charge < -0.3 is 15.1 Å². The Hall–Kier alpha value is -2.74. The normalized spacial score (nSPS) is 14.7. The minimum absolute atomic E-state index is 0.0231. The average molecular weight is 374 g/mol. The number of piperazine rings is 1. The summed E-state index contributed by atoms with van der Waals surface area (Å²) >= 11 is 1.63. The maximum atomic E-state index is 13.7. The Morgan fingerprint density at radius 1 is 1.08 bits per heavy atom. The first-order valence-corrected chi connectivity index (χ1v) is 9.03. The zero-order chi connectivity index (χ0) is 18.1. The van der Waals surface area contributed by atoms with Crippen molar-refractivity contribution in [1.82, 2.24) is 9.88 Å². The van der Waals surface area contributed by atoms with Crippen LogP contribution in [0.2, 0.25) is 0 Å². The summed E-state index contributed by atoms with van der Waals surface area (Å²) in [4.78, 5) is 20.7. The standard InChI is InChI=1S/C18H16F2N4OS/c19-12-5-6-14(13(20)11-12)21-17(25)23-7-9-24(10-8-23)18-22-15-3-1-2-4-16(15)26-18/h1-6,11H,7-10H2,(H,21,25). The molecule has 2 amide bonds. The first-order valence-electron chi connectivity index (χ1n) is 8.22. The summed E-state index contributed by atoms with van der Waals surface area (Å²) in [6.45, 7) is 2.31. The number of halogens is 2. The molecule has 0 aliphatic carbocycles. The van der Waals surface area contributed by atoms with E-state index in [4.69, 9.17) is 0 Å². The Labute approximate surface area is 152 Å². The molecule has 0 bridgehead atoms. The van der Waals surface area contributed by atoms with Crippen molar-refractivity contribution < 1.29 is 13.6 Å². The third kappa shape index (κ3) is 3.32. The first-order chi connectivity index (χ1) is 12.6. The molecule has 0 saturated carbocycles. The highest BCUT2D eigenvalue weighted by molar-refractivity contribution is 7.22. The fourth-order valence-electron chi connectivity index (χ4n) is 2.88. The lowest BCUT2D eigenvalue weighted by molar-refractivity contribution is 0.208. The Bertz CT molecular complexity index is 920. The van der Waals surface area contributed by atoms with Crippen LogP contribution in [0, 0.1) is 11.6 Å². The van der Waals surface area contributed by atoms with E-state index >= 15 is 0 Å². The van der Waals surface area contributed by atoms with Gasteiger partial charge in [-0.3, -0.25) is 0 Å². The van der Waals surface area contributed by atoms with Crippen LogP contribution >= 0.6 is 11.3 Å². The van der Waals surface area contributed by atoms with Crippen LogP contribution < -0.4 is 10.2 Å². The molecule has 2 heterocycles. The van der Waals surface area contributed by atoms with Gasteiger partial charge in [0.2, 0.25) is 0 Å². The van der Waals surface area contributed by atoms with Gasteiger partial charge in [0.05, 0.1) is 15.9 Å². The molecule has 5 nitrogen and oxygen atoms in total. The number of amides is 2. The third-order valence-corrected chi connectivity index (χ3v) is 5.39. The number of nitrogens with one attached hydrogen (secondary N) is 1. The summed E-state index contributed by atoms with van der Waals surface area (Å²) < 4.78 is 27.8. The van der Waals surface area contributed by atoms with Crippen molar-refractivity contribution in [3.63, 3.8) is 0 Å². The molecule has 1 aliphatic rings. The number of nitrogens with zero attached hydrogens (tertiary/aromatic N) is 3. The molecule has 1 aliphatic heterocycles. The lowest BCUT2D eigenvalue weighted by atomic mass is 10.3. The van der Waals surface area contributed by atoms with Crippen LogP contribution in [-0.4, -0.2) is 42.1 Å². The summed E-state index contributed by atoms with van der Waals surface area (Å²) in [6, 6.07) is 10.7. The van der Waals surface area contributed by atoms with Crippen molar-refractivity contribution in [2.24, 2.45) is 0 Å². The molecule has 1 fully saturated rings. The molecule has 1 aromatic heterocycles. The van der Waals surface area contributed by atoms with Gasteiger partial charge in [0, 0.05) is 32.2 Å². The summed E-state index contributed by atoms with van der Waals surface area (Å²) in [5, 5.41) is 3.44. The number of fused-ring (bicyclic) bond motifs is 1. The van der Waals surface area contributed by atoms with E-state index in [-0.39, 0.29) is 11.7 Å². The number of para-hydroxylation sites is 1. The molecule has 2 aromatic carbocycles. The summed E-state index contributed by atoms with van der Waals surface area (Å²) in [7, 11) is 0. The van der Waals surface area contributed by atoms with Crippen LogP contribution in [0.1, 0.15) is 0 Å². The molecular formula is C18H16F2N4OS. The highest BCUT2D eigenvalue weighted by Crippen LogP contribution is 2.29. The van der Waals surface area contributed by atoms with E-state index in [9.17, 15) is 13.6 Å². The van der Waals surface area contributed by atoms with Crippen molar-refractivity contribution >= 4 is 38.4 Å². The largest absolute Gasteiger partial charge is 0.345 e. The van der Waals surface area contributed by atoms with Gasteiger partial charge in [-0.2, -0.15) is 0 Å². The molecular weight excluding hydrogens is 358 g/mol. The van der Waals surface area contributed by atoms with E-state index in [0.29, 0.717) is 26.2 Å². The van der Waals surface area contributed by atoms with E-state index in [1.165, 1.54) is 6.07 Å². The van der Waals surface area contributed by atoms with Crippen LogP contribution in [0.3, 0.4) is 0 Å². The zero-order valence-corrected chi connectivity index (χ0v) is 14.6. The second-order valence-corrected chi connectivity index (χ2v) is 7.00. The number of anilines is 2. The van der Waals surface area contributed by atoms with Gasteiger partial charge in [-0.1, -0.05) is 23.5 Å². The Morgan fingerprint density at radius 3 is 2.58 bits per heavy atom. The smallest absolute Gasteiger partial charge is 0.322 e. The van der Waals surface area contributed by atoms with E-state index < -0.39 is 11.6 Å². The van der Waals surface area contributed by atoms with Crippen molar-refractivity contribution in [2.75, 3.05) is 36.4 Å². The Morgan fingerprint density at radius 2 is 1.85 bits per heavy atom. The maximum Gasteiger partial charge on any atom is 0.322 e. The van der Waals surface area contributed by atoms with Gasteiger partial charge in [0.1, 0.15) is 11.6 Å². The number of carbonyl (C=O) groups is 1. The molecule has 0 radical (unpaired) electrons. The molecule has 8 heteroatoms. The van der Waals surface area contributed by atoms with Crippen molar-refractivity contribution in [3.05, 3.63) is 54.1 Å². The topological polar surface area (TPSA) is 48.5 Å². The molecule has 1 N–H and O–H groups in total.